The van der Waals surface area contributed by atoms with Gasteiger partial charge in [0.2, 0.25) is 0 Å². The summed E-state index contributed by atoms with van der Waals surface area (Å²) in [6.45, 7) is 0. The highest BCUT2D eigenvalue weighted by Gasteiger charge is 2.21. The van der Waals surface area contributed by atoms with Gasteiger partial charge in [-0.05, 0) is 12.1 Å². The third-order valence-corrected chi connectivity index (χ3v) is 3.03. The van der Waals surface area contributed by atoms with E-state index in [0.29, 0.717) is 0 Å². The van der Waals surface area contributed by atoms with Gasteiger partial charge in [0.1, 0.15) is 17.8 Å². The molecule has 2 nitrogen and oxygen atoms in total. The minimum absolute atomic E-state index is 0.231. The van der Waals surface area contributed by atoms with E-state index >= 15 is 0 Å². The average molecular weight is 236 g/mol. The van der Waals surface area contributed by atoms with Crippen molar-refractivity contribution in [3.8, 4) is 5.75 Å². The molecule has 1 aliphatic rings. The number of carbonyl (C=O) groups excluding carboxylic acids is 1. The highest BCUT2D eigenvalue weighted by Crippen LogP contribution is 2.36. The number of rotatable bonds is 2. The monoisotopic (exact) mass is 236 g/mol. The van der Waals surface area contributed by atoms with Crippen LogP contribution >= 0.6 is 0 Å². The van der Waals surface area contributed by atoms with Gasteiger partial charge in [0.25, 0.3) is 0 Å². The van der Waals surface area contributed by atoms with E-state index in [0.717, 1.165) is 28.9 Å². The van der Waals surface area contributed by atoms with Gasteiger partial charge in [0, 0.05) is 11.1 Å². The number of para-hydroxylation sites is 1. The number of benzene rings is 2. The number of carbonyl (C=O) groups is 1. The van der Waals surface area contributed by atoms with Crippen molar-refractivity contribution in [2.75, 3.05) is 0 Å². The van der Waals surface area contributed by atoms with Gasteiger partial charge in [-0.1, -0.05) is 48.5 Å². The lowest BCUT2D eigenvalue weighted by Gasteiger charge is -2.21. The Bertz CT molecular complexity index is 600. The quantitative estimate of drug-likeness (QED) is 0.747. The van der Waals surface area contributed by atoms with Gasteiger partial charge in [-0.3, -0.25) is 0 Å². The van der Waals surface area contributed by atoms with Crippen molar-refractivity contribution in [1.29, 1.82) is 0 Å². The molecule has 0 aliphatic carbocycles. The normalized spacial score (nSPS) is 17.3. The molecule has 88 valence electrons. The molecule has 2 heteroatoms. The van der Waals surface area contributed by atoms with E-state index < -0.39 is 0 Å². The molecule has 1 unspecified atom stereocenters. The summed E-state index contributed by atoms with van der Waals surface area (Å²) >= 11 is 0. The molecule has 0 N–H and O–H groups in total. The number of hydrogen-bond donors (Lipinski definition) is 0. The lowest BCUT2D eigenvalue weighted by Crippen LogP contribution is -2.09. The zero-order chi connectivity index (χ0) is 12.4. The summed E-state index contributed by atoms with van der Waals surface area (Å²) in [6.07, 6.45) is 2.81. The van der Waals surface area contributed by atoms with Crippen LogP contribution in [-0.2, 0) is 4.79 Å². The third-order valence-electron chi connectivity index (χ3n) is 3.03. The van der Waals surface area contributed by atoms with Crippen LogP contribution in [0, 0.1) is 0 Å². The minimum Gasteiger partial charge on any atom is -0.457 e. The molecule has 3 rings (SSSR count). The molecule has 18 heavy (non-hydrogen) atoms. The number of allylic oxidation sites excluding steroid dienone is 1. The summed E-state index contributed by atoms with van der Waals surface area (Å²) < 4.78 is 5.85. The summed E-state index contributed by atoms with van der Waals surface area (Å²) in [7, 11) is 0. The third kappa shape index (κ3) is 1.82. The second-order valence-corrected chi connectivity index (χ2v) is 4.20. The molecule has 0 fully saturated rings. The average Bonchev–Trinajstić information content (AvgIpc) is 2.47. The zero-order valence-corrected chi connectivity index (χ0v) is 9.74. The van der Waals surface area contributed by atoms with Crippen molar-refractivity contribution in [2.24, 2.45) is 0 Å². The second kappa shape index (κ2) is 4.49. The molecule has 0 spiro atoms. The largest absolute Gasteiger partial charge is 0.457 e. The van der Waals surface area contributed by atoms with E-state index in [9.17, 15) is 4.79 Å². The summed E-state index contributed by atoms with van der Waals surface area (Å²) in [5.74, 6) is 1.27. The first-order valence-electron chi connectivity index (χ1n) is 5.88. The fourth-order valence-electron chi connectivity index (χ4n) is 2.12. The summed E-state index contributed by atoms with van der Waals surface area (Å²) in [5.41, 5.74) is 1.91. The Morgan fingerprint density at radius 2 is 1.67 bits per heavy atom. The SMILES string of the molecule is O=CC1C=C(c2ccccc2)Oc2ccccc21. The smallest absolute Gasteiger partial charge is 0.131 e. The lowest BCUT2D eigenvalue weighted by atomic mass is 9.95. The molecular weight excluding hydrogens is 224 g/mol. The Morgan fingerprint density at radius 3 is 2.44 bits per heavy atom. The molecular formula is C16H12O2. The molecule has 2 aromatic carbocycles. The molecule has 0 saturated heterocycles. The van der Waals surface area contributed by atoms with Crippen LogP contribution in [0.15, 0.2) is 60.7 Å². The Morgan fingerprint density at radius 1 is 0.944 bits per heavy atom. The van der Waals surface area contributed by atoms with Gasteiger partial charge in [-0.25, -0.2) is 0 Å². The highest BCUT2D eigenvalue weighted by atomic mass is 16.5. The molecule has 0 radical (unpaired) electrons. The van der Waals surface area contributed by atoms with Crippen LogP contribution in [0.1, 0.15) is 17.0 Å². The fourth-order valence-corrected chi connectivity index (χ4v) is 2.12. The first-order chi connectivity index (χ1) is 8.88. The van der Waals surface area contributed by atoms with E-state index in [1.807, 2.05) is 60.7 Å². The predicted octanol–water partition coefficient (Wildman–Crippen LogP) is 3.40. The lowest BCUT2D eigenvalue weighted by molar-refractivity contribution is -0.108. The van der Waals surface area contributed by atoms with E-state index in [4.69, 9.17) is 4.74 Å². The molecule has 0 aromatic heterocycles. The molecule has 0 amide bonds. The maximum Gasteiger partial charge on any atom is 0.131 e. The molecule has 1 aliphatic heterocycles. The molecule has 0 saturated carbocycles. The van der Waals surface area contributed by atoms with Crippen LogP contribution in [0.4, 0.5) is 0 Å². The fraction of sp³-hybridized carbons (Fsp3) is 0.0625. The van der Waals surface area contributed by atoms with Gasteiger partial charge in [0.15, 0.2) is 0 Å². The Hall–Kier alpha value is -2.35. The topological polar surface area (TPSA) is 26.3 Å². The van der Waals surface area contributed by atoms with Crippen LogP contribution in [0.25, 0.3) is 5.76 Å². The van der Waals surface area contributed by atoms with E-state index in [1.54, 1.807) is 0 Å². The Balaban J connectivity index is 2.06. The van der Waals surface area contributed by atoms with Crippen molar-refractivity contribution in [2.45, 2.75) is 5.92 Å². The summed E-state index contributed by atoms with van der Waals surface area (Å²) in [5, 5.41) is 0. The second-order valence-electron chi connectivity index (χ2n) is 4.20. The maximum atomic E-state index is 11.2. The molecule has 2 aromatic rings. The van der Waals surface area contributed by atoms with Crippen LogP contribution in [0.2, 0.25) is 0 Å². The van der Waals surface area contributed by atoms with Gasteiger partial charge >= 0.3 is 0 Å². The summed E-state index contributed by atoms with van der Waals surface area (Å²) in [4.78, 5) is 11.2. The van der Waals surface area contributed by atoms with Gasteiger partial charge in [-0.15, -0.1) is 0 Å². The first kappa shape index (κ1) is 10.8. The van der Waals surface area contributed by atoms with Crippen LogP contribution < -0.4 is 4.74 Å². The maximum absolute atomic E-state index is 11.2. The van der Waals surface area contributed by atoms with Crippen molar-refractivity contribution in [3.05, 3.63) is 71.8 Å². The van der Waals surface area contributed by atoms with Gasteiger partial charge in [0.05, 0.1) is 5.92 Å². The molecule has 1 heterocycles. The van der Waals surface area contributed by atoms with E-state index in [1.165, 1.54) is 0 Å². The van der Waals surface area contributed by atoms with Crippen LogP contribution in [0.5, 0.6) is 5.75 Å². The van der Waals surface area contributed by atoms with E-state index in [2.05, 4.69) is 0 Å². The minimum atomic E-state index is -0.231. The van der Waals surface area contributed by atoms with E-state index in [-0.39, 0.29) is 5.92 Å². The van der Waals surface area contributed by atoms with Crippen molar-refractivity contribution in [3.63, 3.8) is 0 Å². The van der Waals surface area contributed by atoms with Crippen molar-refractivity contribution in [1.82, 2.24) is 0 Å². The molecule has 1 atom stereocenters. The molecule has 0 bridgehead atoms. The van der Waals surface area contributed by atoms with Crippen molar-refractivity contribution >= 4 is 12.0 Å². The van der Waals surface area contributed by atoms with Gasteiger partial charge in [-0.2, -0.15) is 0 Å². The number of fused-ring (bicyclic) bond motifs is 1. The van der Waals surface area contributed by atoms with Crippen LogP contribution in [-0.4, -0.2) is 6.29 Å². The Kier molecular flexibility index (Phi) is 2.69. The van der Waals surface area contributed by atoms with Crippen LogP contribution in [0.3, 0.4) is 0 Å². The zero-order valence-electron chi connectivity index (χ0n) is 9.74. The highest BCUT2D eigenvalue weighted by molar-refractivity contribution is 5.76. The Labute approximate surface area is 106 Å². The van der Waals surface area contributed by atoms with Gasteiger partial charge < -0.3 is 9.53 Å². The van der Waals surface area contributed by atoms with Crippen molar-refractivity contribution < 1.29 is 9.53 Å². The number of ether oxygens (including phenoxy) is 1. The predicted molar refractivity (Wildman–Crippen MR) is 70.3 cm³/mol. The first-order valence-corrected chi connectivity index (χ1v) is 5.88. The number of hydrogen-bond acceptors (Lipinski definition) is 2. The summed E-state index contributed by atoms with van der Waals surface area (Å²) in [6, 6.07) is 17.5. The number of aldehydes is 1. The standard InChI is InChI=1S/C16H12O2/c17-11-13-10-16(12-6-2-1-3-7-12)18-15-9-5-4-8-14(13)15/h1-11,13H.